The first-order valence-corrected chi connectivity index (χ1v) is 11.1. The summed E-state index contributed by atoms with van der Waals surface area (Å²) in [5.41, 5.74) is 2.41. The predicted octanol–water partition coefficient (Wildman–Crippen LogP) is 3.50. The number of nitrogens with zero attached hydrogens (tertiary/aromatic N) is 2. The van der Waals surface area contributed by atoms with Gasteiger partial charge in [0.05, 0.1) is 0 Å². The summed E-state index contributed by atoms with van der Waals surface area (Å²) >= 11 is 0. The average Bonchev–Trinajstić information content (AvgIpc) is 3.09. The van der Waals surface area contributed by atoms with E-state index in [4.69, 9.17) is 4.74 Å². The molecule has 1 aromatic rings. The second kappa shape index (κ2) is 8.83. The molecule has 2 atom stereocenters. The molecule has 5 nitrogen and oxygen atoms in total. The van der Waals surface area contributed by atoms with Crippen LogP contribution in [0.4, 0.5) is 5.69 Å². The van der Waals surface area contributed by atoms with Gasteiger partial charge in [-0.15, -0.1) is 0 Å². The second-order valence-electron chi connectivity index (χ2n) is 8.90. The van der Waals surface area contributed by atoms with E-state index in [1.54, 1.807) is 0 Å². The number of carbonyl (C=O) groups is 1. The maximum Gasteiger partial charge on any atom is 0.226 e. The molecule has 3 heterocycles. The highest BCUT2D eigenvalue weighted by Crippen LogP contribution is 2.32. The Kier molecular flexibility index (Phi) is 6.22. The van der Waals surface area contributed by atoms with Crippen LogP contribution < -0.4 is 5.32 Å². The van der Waals surface area contributed by atoms with Gasteiger partial charge < -0.3 is 15.0 Å². The van der Waals surface area contributed by atoms with Crippen molar-refractivity contribution in [3.05, 3.63) is 29.8 Å². The smallest absolute Gasteiger partial charge is 0.226 e. The minimum absolute atomic E-state index is 0.115. The third-order valence-corrected chi connectivity index (χ3v) is 6.76. The molecule has 0 spiro atoms. The third-order valence-electron chi connectivity index (χ3n) is 6.76. The molecule has 0 unspecified atom stereocenters. The van der Waals surface area contributed by atoms with E-state index in [1.807, 2.05) is 0 Å². The Morgan fingerprint density at radius 1 is 1.07 bits per heavy atom. The van der Waals surface area contributed by atoms with Gasteiger partial charge in [-0.1, -0.05) is 18.2 Å². The monoisotopic (exact) mass is 385 g/mol. The van der Waals surface area contributed by atoms with Crippen molar-refractivity contribution in [2.45, 2.75) is 70.6 Å². The number of para-hydroxylation sites is 1. The van der Waals surface area contributed by atoms with Gasteiger partial charge in [0.1, 0.15) is 0 Å². The topological polar surface area (TPSA) is 44.8 Å². The summed E-state index contributed by atoms with van der Waals surface area (Å²) in [6.45, 7) is 8.57. The standard InChI is InChI=1S/C23H35N3O2/c1-17(2)26-20-7-8-21(26)16-25(23(27)18-10-13-28-14-11-18)15-19-5-3-4-6-22(19)24-12-9-20/h3-6,17-18,20-21,24H,7-16H2,1-2H3/t20-,21+/m1/s1. The summed E-state index contributed by atoms with van der Waals surface area (Å²) in [4.78, 5) is 18.3. The van der Waals surface area contributed by atoms with Gasteiger partial charge in [0.25, 0.3) is 0 Å². The van der Waals surface area contributed by atoms with Gasteiger partial charge in [-0.05, 0) is 57.6 Å². The number of amides is 1. The minimum atomic E-state index is 0.115. The molecule has 154 valence electrons. The Balaban J connectivity index is 1.62. The molecule has 3 aliphatic rings. The quantitative estimate of drug-likeness (QED) is 0.846. The zero-order chi connectivity index (χ0) is 19.5. The Hall–Kier alpha value is -1.59. The second-order valence-corrected chi connectivity index (χ2v) is 8.90. The normalized spacial score (nSPS) is 27.2. The van der Waals surface area contributed by atoms with E-state index in [2.05, 4.69) is 53.2 Å². The van der Waals surface area contributed by atoms with E-state index in [0.717, 1.165) is 32.4 Å². The minimum Gasteiger partial charge on any atom is -0.385 e. The molecule has 2 bridgehead atoms. The molecule has 4 rings (SSSR count). The molecule has 1 amide bonds. The molecule has 0 aliphatic carbocycles. The molecular weight excluding hydrogens is 350 g/mol. The molecule has 5 heteroatoms. The molecule has 2 saturated heterocycles. The molecule has 3 aliphatic heterocycles. The largest absolute Gasteiger partial charge is 0.385 e. The molecule has 0 saturated carbocycles. The van der Waals surface area contributed by atoms with Gasteiger partial charge in [-0.25, -0.2) is 0 Å². The fourth-order valence-corrected chi connectivity index (χ4v) is 5.40. The number of carbonyl (C=O) groups excluding carboxylic acids is 1. The lowest BCUT2D eigenvalue weighted by atomic mass is 9.97. The van der Waals surface area contributed by atoms with Crippen LogP contribution in [-0.4, -0.2) is 60.1 Å². The van der Waals surface area contributed by atoms with Crippen molar-refractivity contribution < 1.29 is 9.53 Å². The summed E-state index contributed by atoms with van der Waals surface area (Å²) in [5.74, 6) is 0.438. The van der Waals surface area contributed by atoms with E-state index in [9.17, 15) is 4.79 Å². The van der Waals surface area contributed by atoms with Crippen molar-refractivity contribution in [3.8, 4) is 0 Å². The van der Waals surface area contributed by atoms with Crippen LogP contribution in [0.2, 0.25) is 0 Å². The zero-order valence-corrected chi connectivity index (χ0v) is 17.4. The van der Waals surface area contributed by atoms with Crippen LogP contribution in [0.25, 0.3) is 0 Å². The average molecular weight is 386 g/mol. The fraction of sp³-hybridized carbons (Fsp3) is 0.696. The number of benzene rings is 1. The Morgan fingerprint density at radius 2 is 1.82 bits per heavy atom. The van der Waals surface area contributed by atoms with Crippen LogP contribution in [0.15, 0.2) is 24.3 Å². The number of hydrogen-bond acceptors (Lipinski definition) is 4. The number of anilines is 1. The molecular formula is C23H35N3O2. The predicted molar refractivity (Wildman–Crippen MR) is 112 cm³/mol. The molecule has 28 heavy (non-hydrogen) atoms. The summed E-state index contributed by atoms with van der Waals surface area (Å²) < 4.78 is 5.50. The Labute approximate surface area is 169 Å². The number of ether oxygens (including phenoxy) is 1. The lowest BCUT2D eigenvalue weighted by Gasteiger charge is -2.37. The van der Waals surface area contributed by atoms with Gasteiger partial charge in [0.15, 0.2) is 0 Å². The number of hydrogen-bond donors (Lipinski definition) is 1. The first kappa shape index (κ1) is 19.7. The summed E-state index contributed by atoms with van der Waals surface area (Å²) in [7, 11) is 0. The van der Waals surface area contributed by atoms with Crippen LogP contribution in [0, 0.1) is 5.92 Å². The van der Waals surface area contributed by atoms with Crippen LogP contribution >= 0.6 is 0 Å². The number of nitrogens with one attached hydrogen (secondary N) is 1. The van der Waals surface area contributed by atoms with Gasteiger partial charge in [0, 0.05) is 62.6 Å². The van der Waals surface area contributed by atoms with Gasteiger partial charge in [0.2, 0.25) is 5.91 Å². The highest BCUT2D eigenvalue weighted by atomic mass is 16.5. The van der Waals surface area contributed by atoms with E-state index in [1.165, 1.54) is 24.1 Å². The summed E-state index contributed by atoms with van der Waals surface area (Å²) in [5, 5.41) is 3.66. The summed E-state index contributed by atoms with van der Waals surface area (Å²) in [6, 6.07) is 10.1. The molecule has 0 aromatic heterocycles. The van der Waals surface area contributed by atoms with E-state index < -0.39 is 0 Å². The fourth-order valence-electron chi connectivity index (χ4n) is 5.40. The van der Waals surface area contributed by atoms with Crippen LogP contribution in [0.5, 0.6) is 0 Å². The van der Waals surface area contributed by atoms with Crippen molar-refractivity contribution in [2.75, 3.05) is 31.6 Å². The SMILES string of the molecule is CC(C)N1[C@H]2CCNc3ccccc3CN(C(=O)C3CCOCC3)C[C@@H]1CC2. The lowest BCUT2D eigenvalue weighted by Crippen LogP contribution is -2.49. The third kappa shape index (κ3) is 4.20. The Bertz CT molecular complexity index is 672. The van der Waals surface area contributed by atoms with Crippen LogP contribution in [0.3, 0.4) is 0 Å². The zero-order valence-electron chi connectivity index (χ0n) is 17.4. The van der Waals surface area contributed by atoms with Gasteiger partial charge in [-0.3, -0.25) is 9.69 Å². The molecule has 1 aromatic carbocycles. The first-order chi connectivity index (χ1) is 13.6. The van der Waals surface area contributed by atoms with Crippen molar-refractivity contribution in [1.82, 2.24) is 9.80 Å². The lowest BCUT2D eigenvalue weighted by molar-refractivity contribution is -0.140. The van der Waals surface area contributed by atoms with Crippen LogP contribution in [-0.2, 0) is 16.1 Å². The van der Waals surface area contributed by atoms with E-state index in [0.29, 0.717) is 43.8 Å². The van der Waals surface area contributed by atoms with Crippen molar-refractivity contribution >= 4 is 11.6 Å². The maximum atomic E-state index is 13.5. The number of rotatable bonds is 2. The number of fused-ring (bicyclic) bond motifs is 3. The van der Waals surface area contributed by atoms with E-state index >= 15 is 0 Å². The van der Waals surface area contributed by atoms with Crippen molar-refractivity contribution in [3.63, 3.8) is 0 Å². The molecule has 2 fully saturated rings. The molecule has 0 radical (unpaired) electrons. The maximum absolute atomic E-state index is 13.5. The summed E-state index contributed by atoms with van der Waals surface area (Å²) in [6.07, 6.45) is 5.32. The van der Waals surface area contributed by atoms with E-state index in [-0.39, 0.29) is 5.92 Å². The molecule has 1 N–H and O–H groups in total. The van der Waals surface area contributed by atoms with Crippen LogP contribution in [0.1, 0.15) is 51.5 Å². The first-order valence-electron chi connectivity index (χ1n) is 11.1. The van der Waals surface area contributed by atoms with Crippen molar-refractivity contribution in [2.24, 2.45) is 5.92 Å². The Morgan fingerprint density at radius 3 is 2.61 bits per heavy atom. The van der Waals surface area contributed by atoms with Gasteiger partial charge >= 0.3 is 0 Å². The highest BCUT2D eigenvalue weighted by Gasteiger charge is 2.38. The highest BCUT2D eigenvalue weighted by molar-refractivity contribution is 5.79. The van der Waals surface area contributed by atoms with Gasteiger partial charge in [-0.2, -0.15) is 0 Å². The van der Waals surface area contributed by atoms with Crippen molar-refractivity contribution in [1.29, 1.82) is 0 Å².